The molecule has 0 bridgehead atoms. The summed E-state index contributed by atoms with van der Waals surface area (Å²) in [7, 11) is 3.37. The van der Waals surface area contributed by atoms with Crippen molar-refractivity contribution in [2.75, 3.05) is 14.1 Å². The van der Waals surface area contributed by atoms with Crippen molar-refractivity contribution >= 4 is 17.5 Å². The summed E-state index contributed by atoms with van der Waals surface area (Å²) in [5.74, 6) is -0.266. The highest BCUT2D eigenvalue weighted by molar-refractivity contribution is 6.25. The van der Waals surface area contributed by atoms with Gasteiger partial charge < -0.3 is 4.90 Å². The van der Waals surface area contributed by atoms with Crippen LogP contribution in [0.25, 0.3) is 0 Å². The first-order chi connectivity index (χ1) is 9.00. The van der Waals surface area contributed by atoms with Gasteiger partial charge in [-0.3, -0.25) is 14.4 Å². The number of carbonyl (C=O) groups excluding carboxylic acids is 3. The summed E-state index contributed by atoms with van der Waals surface area (Å²) in [6, 6.07) is 0. The molecule has 0 radical (unpaired) electrons. The second kappa shape index (κ2) is 5.35. The summed E-state index contributed by atoms with van der Waals surface area (Å²) < 4.78 is 0. The molecule has 110 valence electrons. The zero-order valence-corrected chi connectivity index (χ0v) is 13.4. The molecule has 0 atom stereocenters. The first kappa shape index (κ1) is 16.3. The van der Waals surface area contributed by atoms with Gasteiger partial charge in [-0.15, -0.1) is 0 Å². The van der Waals surface area contributed by atoms with Crippen molar-refractivity contribution in [2.45, 2.75) is 41.0 Å². The largest absolute Gasteiger partial charge is 0.349 e. The standard InChI is InChI=1S/C16H23NO3/c1-9-10(2)15(20)13(11(3)14(9)19)16(4,5)8-12(18)17(6)7/h8H2,1-7H3. The molecule has 0 N–H and O–H groups in total. The molecule has 0 saturated heterocycles. The zero-order chi connectivity index (χ0) is 15.8. The van der Waals surface area contributed by atoms with E-state index >= 15 is 0 Å². The highest BCUT2D eigenvalue weighted by atomic mass is 16.2. The van der Waals surface area contributed by atoms with Gasteiger partial charge in [-0.1, -0.05) is 13.8 Å². The monoisotopic (exact) mass is 277 g/mol. The molecular formula is C16H23NO3. The molecule has 0 spiro atoms. The Balaban J connectivity index is 3.27. The Morgan fingerprint density at radius 2 is 1.40 bits per heavy atom. The van der Waals surface area contributed by atoms with E-state index in [1.54, 1.807) is 34.9 Å². The van der Waals surface area contributed by atoms with E-state index in [1.807, 2.05) is 13.8 Å². The first-order valence-electron chi connectivity index (χ1n) is 6.69. The molecule has 1 rings (SSSR count). The Morgan fingerprint density at radius 3 is 1.85 bits per heavy atom. The SMILES string of the molecule is CC1=C(C)C(=O)C(C(C)(C)CC(=O)N(C)C)=C(C)C1=O. The van der Waals surface area contributed by atoms with E-state index in [4.69, 9.17) is 0 Å². The summed E-state index contributed by atoms with van der Waals surface area (Å²) in [5.41, 5.74) is 1.28. The van der Waals surface area contributed by atoms with E-state index in [0.717, 1.165) is 0 Å². The Labute approximate surface area is 120 Å². The van der Waals surface area contributed by atoms with Gasteiger partial charge in [-0.25, -0.2) is 0 Å². The molecule has 0 fully saturated rings. The number of allylic oxidation sites excluding steroid dienone is 4. The van der Waals surface area contributed by atoms with Crippen LogP contribution in [0.3, 0.4) is 0 Å². The zero-order valence-electron chi connectivity index (χ0n) is 13.4. The van der Waals surface area contributed by atoms with E-state index in [2.05, 4.69) is 0 Å². The molecule has 4 nitrogen and oxygen atoms in total. The van der Waals surface area contributed by atoms with Crippen molar-refractivity contribution in [1.29, 1.82) is 0 Å². The van der Waals surface area contributed by atoms with Gasteiger partial charge in [0.1, 0.15) is 0 Å². The van der Waals surface area contributed by atoms with Crippen LogP contribution in [0.1, 0.15) is 41.0 Å². The minimum atomic E-state index is -0.653. The normalized spacial score (nSPS) is 16.9. The minimum Gasteiger partial charge on any atom is -0.349 e. The molecule has 0 aromatic heterocycles. The maximum absolute atomic E-state index is 12.5. The quantitative estimate of drug-likeness (QED) is 0.744. The minimum absolute atomic E-state index is 0.0560. The van der Waals surface area contributed by atoms with E-state index < -0.39 is 5.41 Å². The number of amides is 1. The number of hydrogen-bond donors (Lipinski definition) is 0. The van der Waals surface area contributed by atoms with Crippen LogP contribution in [0.15, 0.2) is 22.3 Å². The van der Waals surface area contributed by atoms with Crippen molar-refractivity contribution in [1.82, 2.24) is 4.90 Å². The van der Waals surface area contributed by atoms with Crippen molar-refractivity contribution < 1.29 is 14.4 Å². The van der Waals surface area contributed by atoms with E-state index in [0.29, 0.717) is 22.3 Å². The second-order valence-electron chi connectivity index (χ2n) is 6.26. The lowest BCUT2D eigenvalue weighted by Crippen LogP contribution is -2.34. The average Bonchev–Trinajstić information content (AvgIpc) is 2.33. The van der Waals surface area contributed by atoms with Crippen LogP contribution in [0, 0.1) is 5.41 Å². The Bertz CT molecular complexity index is 548. The van der Waals surface area contributed by atoms with Crippen LogP contribution in [0.2, 0.25) is 0 Å². The fraction of sp³-hybridized carbons (Fsp3) is 0.562. The van der Waals surface area contributed by atoms with Gasteiger partial charge in [0.2, 0.25) is 5.91 Å². The molecule has 0 aliphatic heterocycles. The van der Waals surface area contributed by atoms with Crippen LogP contribution in [0.5, 0.6) is 0 Å². The molecule has 4 heteroatoms. The van der Waals surface area contributed by atoms with Crippen LogP contribution in [-0.2, 0) is 14.4 Å². The van der Waals surface area contributed by atoms with Gasteiger partial charge in [0, 0.05) is 48.2 Å². The van der Waals surface area contributed by atoms with Crippen LogP contribution in [-0.4, -0.2) is 36.5 Å². The molecule has 1 amide bonds. The number of nitrogens with zero attached hydrogens (tertiary/aromatic N) is 1. The molecular weight excluding hydrogens is 254 g/mol. The van der Waals surface area contributed by atoms with Gasteiger partial charge in [-0.2, -0.15) is 0 Å². The number of rotatable bonds is 3. The van der Waals surface area contributed by atoms with Crippen molar-refractivity contribution in [2.24, 2.45) is 5.41 Å². The highest BCUT2D eigenvalue weighted by Gasteiger charge is 2.38. The maximum atomic E-state index is 12.5. The lowest BCUT2D eigenvalue weighted by atomic mass is 9.71. The highest BCUT2D eigenvalue weighted by Crippen LogP contribution is 2.38. The van der Waals surface area contributed by atoms with E-state index in [9.17, 15) is 14.4 Å². The molecule has 0 aromatic rings. The molecule has 0 heterocycles. The summed E-state index contributed by atoms with van der Waals surface area (Å²) in [5, 5.41) is 0. The molecule has 1 aliphatic rings. The molecule has 0 aromatic carbocycles. The van der Waals surface area contributed by atoms with Gasteiger partial charge >= 0.3 is 0 Å². The molecule has 20 heavy (non-hydrogen) atoms. The van der Waals surface area contributed by atoms with Gasteiger partial charge in [-0.05, 0) is 20.8 Å². The summed E-state index contributed by atoms with van der Waals surface area (Å²) in [6.07, 6.45) is 0.206. The third kappa shape index (κ3) is 2.74. The Hall–Kier alpha value is -1.71. The van der Waals surface area contributed by atoms with Gasteiger partial charge in [0.25, 0.3) is 0 Å². The lowest BCUT2D eigenvalue weighted by molar-refractivity contribution is -0.130. The second-order valence-corrected chi connectivity index (χ2v) is 6.26. The summed E-state index contributed by atoms with van der Waals surface area (Å²) in [4.78, 5) is 38.1. The van der Waals surface area contributed by atoms with E-state index in [1.165, 1.54) is 4.90 Å². The maximum Gasteiger partial charge on any atom is 0.222 e. The number of ketones is 2. The average molecular weight is 277 g/mol. The first-order valence-corrected chi connectivity index (χ1v) is 6.69. The predicted molar refractivity (Wildman–Crippen MR) is 78.2 cm³/mol. The molecule has 1 aliphatic carbocycles. The topological polar surface area (TPSA) is 54.5 Å². The van der Waals surface area contributed by atoms with Crippen molar-refractivity contribution in [3.8, 4) is 0 Å². The molecule has 0 unspecified atom stereocenters. The van der Waals surface area contributed by atoms with Gasteiger partial charge in [0.05, 0.1) is 0 Å². The van der Waals surface area contributed by atoms with Crippen LogP contribution >= 0.6 is 0 Å². The summed E-state index contributed by atoms with van der Waals surface area (Å²) in [6.45, 7) is 8.70. The Morgan fingerprint density at radius 1 is 0.950 bits per heavy atom. The lowest BCUT2D eigenvalue weighted by Gasteiger charge is -2.32. The number of carbonyl (C=O) groups is 3. The van der Waals surface area contributed by atoms with Crippen LogP contribution < -0.4 is 0 Å². The fourth-order valence-electron chi connectivity index (χ4n) is 2.53. The smallest absolute Gasteiger partial charge is 0.222 e. The number of Topliss-reactive ketones (excluding diaryl/α,β-unsaturated/α-hetero) is 2. The third-order valence-corrected chi connectivity index (χ3v) is 3.96. The fourth-order valence-corrected chi connectivity index (χ4v) is 2.53. The summed E-state index contributed by atoms with van der Waals surface area (Å²) >= 11 is 0. The Kier molecular flexibility index (Phi) is 4.37. The van der Waals surface area contributed by atoms with Crippen LogP contribution in [0.4, 0.5) is 0 Å². The van der Waals surface area contributed by atoms with E-state index in [-0.39, 0.29) is 23.9 Å². The number of hydrogen-bond acceptors (Lipinski definition) is 3. The molecule has 0 saturated carbocycles. The third-order valence-electron chi connectivity index (χ3n) is 3.96. The van der Waals surface area contributed by atoms with Crippen molar-refractivity contribution in [3.63, 3.8) is 0 Å². The predicted octanol–water partition coefficient (Wildman–Crippen LogP) is 2.30. The van der Waals surface area contributed by atoms with Crippen molar-refractivity contribution in [3.05, 3.63) is 22.3 Å². The van der Waals surface area contributed by atoms with Gasteiger partial charge in [0.15, 0.2) is 11.6 Å².